The lowest BCUT2D eigenvalue weighted by molar-refractivity contribution is -0.369. The van der Waals surface area contributed by atoms with Crippen molar-refractivity contribution < 1.29 is 80.5 Å². The van der Waals surface area contributed by atoms with Crippen LogP contribution >= 0.6 is 0 Å². The summed E-state index contributed by atoms with van der Waals surface area (Å²) in [7, 11) is 0. The Kier molecular flexibility index (Phi) is 17.9. The van der Waals surface area contributed by atoms with Crippen molar-refractivity contribution >= 4 is 0 Å². The lowest BCUT2D eigenvalue weighted by Gasteiger charge is -2.49. The van der Waals surface area contributed by atoms with Crippen molar-refractivity contribution in [1.82, 2.24) is 0 Å². The van der Waals surface area contributed by atoms with Crippen molar-refractivity contribution in [2.45, 2.75) is 50.8 Å². The monoisotopic (exact) mass is 1020 g/mol. The quantitative estimate of drug-likeness (QED) is 0.173. The maximum atomic E-state index is 6.39. The highest BCUT2D eigenvalue weighted by Crippen LogP contribution is 2.45. The van der Waals surface area contributed by atoms with Crippen LogP contribution in [0.5, 0.6) is 23.0 Å². The van der Waals surface area contributed by atoms with Crippen LogP contribution in [0.2, 0.25) is 0 Å². The summed E-state index contributed by atoms with van der Waals surface area (Å²) in [5, 5.41) is 0. The fourth-order valence-corrected chi connectivity index (χ4v) is 8.81. The molecule has 0 amide bonds. The third kappa shape index (κ3) is 13.9. The molecule has 4 saturated heterocycles. The SMILES string of the molecule is CC12OCC3(CO1)COC(C)(OC3)c1ccc(cc1)OCCOCCOCCOc1ccc(cc1)C1(C)OCC3(COC(C)(OC3)c3ccc(cc3)OCCOCCOCCOCCOc3ccc2cc3)CO1. The predicted octanol–water partition coefficient (Wildman–Crippen LogP) is 7.25. The lowest BCUT2D eigenvalue weighted by atomic mass is 9.88. The first kappa shape index (κ1) is 53.4. The van der Waals surface area contributed by atoms with Crippen LogP contribution in [0.3, 0.4) is 0 Å². The molecule has 17 nitrogen and oxygen atoms in total. The van der Waals surface area contributed by atoms with Crippen LogP contribution in [0.25, 0.3) is 0 Å². The molecule has 0 aliphatic carbocycles. The number of benzene rings is 4. The van der Waals surface area contributed by atoms with Gasteiger partial charge in [0, 0.05) is 22.3 Å². The van der Waals surface area contributed by atoms with Gasteiger partial charge in [-0.05, 0) is 125 Å². The van der Waals surface area contributed by atoms with Gasteiger partial charge in [0.25, 0.3) is 0 Å². The summed E-state index contributed by atoms with van der Waals surface area (Å²) < 4.78 is 103. The molecule has 17 heteroatoms. The first-order chi connectivity index (χ1) is 35.5. The highest BCUT2D eigenvalue weighted by Gasteiger charge is 2.51. The van der Waals surface area contributed by atoms with E-state index in [2.05, 4.69) is 0 Å². The third-order valence-corrected chi connectivity index (χ3v) is 13.8. The van der Waals surface area contributed by atoms with Crippen LogP contribution in [-0.2, 0) is 84.7 Å². The Morgan fingerprint density at radius 3 is 0.575 bits per heavy atom. The lowest BCUT2D eigenvalue weighted by Crippen LogP contribution is -2.56. The minimum absolute atomic E-state index is 0.398. The van der Waals surface area contributed by atoms with Gasteiger partial charge in [-0.3, -0.25) is 0 Å². The van der Waals surface area contributed by atoms with Crippen LogP contribution in [0, 0.1) is 10.8 Å². The molecule has 14 bridgehead atoms. The molecule has 0 atom stereocenters. The van der Waals surface area contributed by atoms with Crippen molar-refractivity contribution in [3.63, 3.8) is 0 Å². The summed E-state index contributed by atoms with van der Waals surface area (Å²) in [6, 6.07) is 31.0. The largest absolute Gasteiger partial charge is 0.491 e. The fraction of sp³-hybridized carbons (Fsp3) is 0.571. The normalized spacial score (nSPS) is 32.1. The topological polar surface area (TPSA) is 157 Å². The molecule has 4 aromatic carbocycles. The van der Waals surface area contributed by atoms with Gasteiger partial charge in [-0.1, -0.05) is 0 Å². The molecule has 0 aromatic heterocycles. The second-order valence-electron chi connectivity index (χ2n) is 19.6. The van der Waals surface area contributed by atoms with E-state index >= 15 is 0 Å². The number of hydrogen-bond donors (Lipinski definition) is 0. The van der Waals surface area contributed by atoms with E-state index < -0.39 is 34.0 Å². The van der Waals surface area contributed by atoms with Gasteiger partial charge in [-0.25, -0.2) is 0 Å². The van der Waals surface area contributed by atoms with Crippen LogP contribution < -0.4 is 18.9 Å². The summed E-state index contributed by atoms with van der Waals surface area (Å²) >= 11 is 0. The maximum absolute atomic E-state index is 6.39. The van der Waals surface area contributed by atoms with Gasteiger partial charge in [0.2, 0.25) is 0 Å². The minimum Gasteiger partial charge on any atom is -0.491 e. The van der Waals surface area contributed by atoms with Crippen molar-refractivity contribution in [2.24, 2.45) is 10.8 Å². The van der Waals surface area contributed by atoms with Gasteiger partial charge < -0.3 is 80.5 Å². The molecular weight excluding hydrogens is 945 g/mol. The first-order valence-corrected chi connectivity index (χ1v) is 25.4. The Balaban J connectivity index is 0.729. The minimum atomic E-state index is -0.920. The molecule has 18 heterocycles. The predicted molar refractivity (Wildman–Crippen MR) is 264 cm³/mol. The Morgan fingerprint density at radius 2 is 0.397 bits per heavy atom. The van der Waals surface area contributed by atoms with E-state index in [0.29, 0.717) is 145 Å². The zero-order valence-corrected chi connectivity index (χ0v) is 42.7. The molecule has 2 spiro atoms. The molecular formula is C56H72O17. The highest BCUT2D eigenvalue weighted by atomic mass is 16.7. The average Bonchev–Trinajstić information content (AvgIpc) is 3.42. The Bertz CT molecular complexity index is 2090. The maximum Gasteiger partial charge on any atom is 0.191 e. The molecule has 0 N–H and O–H groups in total. The molecule has 4 fully saturated rings. The molecule has 73 heavy (non-hydrogen) atoms. The van der Waals surface area contributed by atoms with Gasteiger partial charge in [-0.2, -0.15) is 0 Å². The molecule has 22 rings (SSSR count). The Hall–Kier alpha value is -4.44. The zero-order chi connectivity index (χ0) is 50.5. The zero-order valence-electron chi connectivity index (χ0n) is 42.7. The number of ether oxygens (including phenoxy) is 17. The van der Waals surface area contributed by atoms with Crippen LogP contribution in [0.1, 0.15) is 49.9 Å². The summed E-state index contributed by atoms with van der Waals surface area (Å²) in [4.78, 5) is 0. The van der Waals surface area contributed by atoms with Crippen LogP contribution in [0.15, 0.2) is 97.1 Å². The summed E-state index contributed by atoms with van der Waals surface area (Å²) in [6.07, 6.45) is 0. The first-order valence-electron chi connectivity index (χ1n) is 25.4. The van der Waals surface area contributed by atoms with Crippen LogP contribution in [0.4, 0.5) is 0 Å². The van der Waals surface area contributed by atoms with E-state index in [4.69, 9.17) is 80.5 Å². The molecule has 398 valence electrons. The summed E-state index contributed by atoms with van der Waals surface area (Å²) in [5.41, 5.74) is 2.70. The van der Waals surface area contributed by atoms with Gasteiger partial charge in [0.15, 0.2) is 23.1 Å². The molecule has 4 aromatic rings. The standard InChI is InChI=1S/C56H72O17/c1-51-43-5-13-47(14-6-43)62-31-27-58-23-21-57-22-24-59-28-32-63-48-15-7-44(8-16-48)52(2)68-37-56(38-69-52)41-72-54(4,73-42-56)46-11-19-50(20-12-46)65-34-30-61-26-25-60-29-33-64-49-17-9-45(10-18-49)53(3)70-39-55(35-66-51,36-67-51)40-71-53/h5-20H,21-42H2,1-4H3. The second kappa shape index (κ2) is 24.5. The van der Waals surface area contributed by atoms with E-state index in [-0.39, 0.29) is 0 Å². The highest BCUT2D eigenvalue weighted by molar-refractivity contribution is 5.33. The van der Waals surface area contributed by atoms with E-state index in [1.165, 1.54) is 0 Å². The number of rotatable bonds is 0. The number of hydrogen-bond acceptors (Lipinski definition) is 17. The molecule has 0 radical (unpaired) electrons. The molecule has 18 aliphatic heterocycles. The van der Waals surface area contributed by atoms with Gasteiger partial charge in [0.05, 0.1) is 130 Å². The van der Waals surface area contributed by atoms with E-state index in [1.807, 2.05) is 125 Å². The fourth-order valence-electron chi connectivity index (χ4n) is 8.81. The van der Waals surface area contributed by atoms with Gasteiger partial charge >= 0.3 is 0 Å². The van der Waals surface area contributed by atoms with Gasteiger partial charge in [0.1, 0.15) is 49.4 Å². The van der Waals surface area contributed by atoms with E-state index in [9.17, 15) is 0 Å². The third-order valence-electron chi connectivity index (χ3n) is 13.8. The average molecular weight is 1020 g/mol. The van der Waals surface area contributed by atoms with Crippen molar-refractivity contribution in [3.8, 4) is 23.0 Å². The van der Waals surface area contributed by atoms with Crippen molar-refractivity contribution in [2.75, 3.05) is 145 Å². The summed E-state index contributed by atoms with van der Waals surface area (Å²) in [6.45, 7) is 17.1. The molecule has 0 saturated carbocycles. The van der Waals surface area contributed by atoms with Gasteiger partial charge in [-0.15, -0.1) is 0 Å². The summed E-state index contributed by atoms with van der Waals surface area (Å²) in [5.74, 6) is -0.769. The van der Waals surface area contributed by atoms with Crippen LogP contribution in [-0.4, -0.2) is 145 Å². The molecule has 18 aliphatic rings. The van der Waals surface area contributed by atoms with E-state index in [1.54, 1.807) is 0 Å². The van der Waals surface area contributed by atoms with Crippen molar-refractivity contribution in [1.29, 1.82) is 0 Å². The Labute approximate surface area is 428 Å². The van der Waals surface area contributed by atoms with Crippen molar-refractivity contribution in [3.05, 3.63) is 119 Å². The second-order valence-corrected chi connectivity index (χ2v) is 19.6. The smallest absolute Gasteiger partial charge is 0.191 e. The van der Waals surface area contributed by atoms with E-state index in [0.717, 1.165) is 45.3 Å². The Morgan fingerprint density at radius 1 is 0.233 bits per heavy atom. The molecule has 0 unspecified atom stereocenters.